The fourth-order valence-corrected chi connectivity index (χ4v) is 5.56. The minimum Gasteiger partial charge on any atom is -0.0622 e. The summed E-state index contributed by atoms with van der Waals surface area (Å²) in [4.78, 5) is 0. The molecule has 0 radical (unpaired) electrons. The zero-order chi connectivity index (χ0) is 22.8. The van der Waals surface area contributed by atoms with Crippen LogP contribution in [0.15, 0.2) is 54.6 Å². The van der Waals surface area contributed by atoms with Crippen molar-refractivity contribution in [3.8, 4) is 22.3 Å². The van der Waals surface area contributed by atoms with E-state index in [0.717, 1.165) is 6.42 Å². The maximum atomic E-state index is 2.40. The van der Waals surface area contributed by atoms with Crippen LogP contribution in [-0.2, 0) is 22.7 Å². The van der Waals surface area contributed by atoms with Gasteiger partial charge in [-0.05, 0) is 72.7 Å². The lowest BCUT2D eigenvalue weighted by atomic mass is 9.64. The highest BCUT2D eigenvalue weighted by Crippen LogP contribution is 2.54. The monoisotopic (exact) mass is 410 g/mol. The van der Waals surface area contributed by atoms with Crippen LogP contribution in [0.4, 0.5) is 0 Å². The van der Waals surface area contributed by atoms with E-state index in [1.807, 2.05) is 0 Å². The van der Waals surface area contributed by atoms with Gasteiger partial charge in [0.2, 0.25) is 0 Å². The predicted molar refractivity (Wildman–Crippen MR) is 136 cm³/mol. The van der Waals surface area contributed by atoms with E-state index in [9.17, 15) is 0 Å². The van der Waals surface area contributed by atoms with Crippen LogP contribution in [0.1, 0.15) is 90.1 Å². The number of hydrogen-bond donors (Lipinski definition) is 0. The molecule has 0 atom stereocenters. The van der Waals surface area contributed by atoms with Crippen molar-refractivity contribution in [3.63, 3.8) is 0 Å². The summed E-state index contributed by atoms with van der Waals surface area (Å²) in [5.41, 5.74) is 13.5. The summed E-state index contributed by atoms with van der Waals surface area (Å²) in [7, 11) is 0. The Balaban J connectivity index is 2.32. The molecule has 0 N–H and O–H groups in total. The molecule has 1 aliphatic rings. The quantitative estimate of drug-likeness (QED) is 0.294. The van der Waals surface area contributed by atoms with E-state index in [1.54, 1.807) is 11.1 Å². The van der Waals surface area contributed by atoms with Crippen LogP contribution in [-0.4, -0.2) is 0 Å². The van der Waals surface area contributed by atoms with Gasteiger partial charge in [-0.1, -0.05) is 117 Å². The van der Waals surface area contributed by atoms with E-state index in [0.29, 0.717) is 0 Å². The van der Waals surface area contributed by atoms with Crippen molar-refractivity contribution >= 4 is 0 Å². The molecule has 0 aliphatic heterocycles. The SMILES string of the molecule is CC(C)(C)c1c(-c2ccccc2)c2c(c(C(C)(C)C)c1C(C)(C)C)-c1ccccc1C2. The summed E-state index contributed by atoms with van der Waals surface area (Å²) in [5.74, 6) is 0. The third-order valence-electron chi connectivity index (χ3n) is 6.57. The molecule has 0 unspecified atom stereocenters. The first kappa shape index (κ1) is 21.9. The highest BCUT2D eigenvalue weighted by atomic mass is 14.4. The van der Waals surface area contributed by atoms with Crippen molar-refractivity contribution in [3.05, 3.63) is 82.4 Å². The van der Waals surface area contributed by atoms with E-state index in [4.69, 9.17) is 0 Å². The van der Waals surface area contributed by atoms with Gasteiger partial charge in [0.15, 0.2) is 0 Å². The Hall–Kier alpha value is -2.34. The van der Waals surface area contributed by atoms with E-state index in [-0.39, 0.29) is 16.2 Å². The van der Waals surface area contributed by atoms with E-state index < -0.39 is 0 Å². The second kappa shape index (κ2) is 7.09. The van der Waals surface area contributed by atoms with Gasteiger partial charge in [-0.15, -0.1) is 0 Å². The number of rotatable bonds is 1. The Morgan fingerprint density at radius 1 is 0.516 bits per heavy atom. The van der Waals surface area contributed by atoms with Crippen LogP contribution >= 0.6 is 0 Å². The Morgan fingerprint density at radius 2 is 1.00 bits per heavy atom. The van der Waals surface area contributed by atoms with Crippen LogP contribution in [0.2, 0.25) is 0 Å². The average molecular weight is 411 g/mol. The summed E-state index contributed by atoms with van der Waals surface area (Å²) in [5, 5.41) is 0. The van der Waals surface area contributed by atoms with Crippen molar-refractivity contribution in [1.29, 1.82) is 0 Å². The van der Waals surface area contributed by atoms with E-state index in [2.05, 4.69) is 117 Å². The summed E-state index contributed by atoms with van der Waals surface area (Å²) in [6.45, 7) is 21.6. The molecule has 1 aliphatic carbocycles. The lowest BCUT2D eigenvalue weighted by Crippen LogP contribution is -2.30. The standard InChI is InChI=1S/C31H38/c1-29(2,3)26-24(20-15-11-10-12-16-20)23-19-21-17-13-14-18-22(21)25(23)27(30(4,5)6)28(26)31(7,8)9/h10-18H,19H2,1-9H3. The third-order valence-corrected chi connectivity index (χ3v) is 6.57. The molecule has 0 heteroatoms. The topological polar surface area (TPSA) is 0 Å². The Bertz CT molecular complexity index is 1120. The van der Waals surface area contributed by atoms with Gasteiger partial charge in [0.05, 0.1) is 0 Å². The lowest BCUT2D eigenvalue weighted by Gasteiger charge is -2.40. The summed E-state index contributed by atoms with van der Waals surface area (Å²) < 4.78 is 0. The summed E-state index contributed by atoms with van der Waals surface area (Å²) >= 11 is 0. The highest BCUT2D eigenvalue weighted by molar-refractivity contribution is 5.91. The van der Waals surface area contributed by atoms with Crippen LogP contribution in [0.25, 0.3) is 22.3 Å². The summed E-state index contributed by atoms with van der Waals surface area (Å²) in [6.07, 6.45) is 1.02. The first-order valence-electron chi connectivity index (χ1n) is 11.7. The van der Waals surface area contributed by atoms with Crippen LogP contribution in [0.5, 0.6) is 0 Å². The normalized spacial score (nSPS) is 13.8. The molecule has 4 rings (SSSR count). The van der Waals surface area contributed by atoms with Gasteiger partial charge in [0, 0.05) is 0 Å². The van der Waals surface area contributed by atoms with Crippen LogP contribution in [0.3, 0.4) is 0 Å². The first-order valence-corrected chi connectivity index (χ1v) is 11.7. The second-order valence-electron chi connectivity index (χ2n) is 12.3. The number of hydrogen-bond acceptors (Lipinski definition) is 0. The minimum absolute atomic E-state index is 0.0393. The molecule has 3 aromatic rings. The molecule has 3 aromatic carbocycles. The smallest absolute Gasteiger partial charge is 0.000707 e. The predicted octanol–water partition coefficient (Wildman–Crippen LogP) is 8.82. The van der Waals surface area contributed by atoms with Crippen molar-refractivity contribution in [2.75, 3.05) is 0 Å². The van der Waals surface area contributed by atoms with Gasteiger partial charge in [-0.2, -0.15) is 0 Å². The average Bonchev–Trinajstić information content (AvgIpc) is 3.03. The molecule has 0 amide bonds. The Labute approximate surface area is 189 Å². The number of fused-ring (bicyclic) bond motifs is 3. The van der Waals surface area contributed by atoms with Gasteiger partial charge >= 0.3 is 0 Å². The number of benzene rings is 3. The molecular formula is C31H38. The maximum absolute atomic E-state index is 2.40. The minimum atomic E-state index is 0.0393. The molecule has 0 aromatic heterocycles. The molecule has 31 heavy (non-hydrogen) atoms. The molecule has 0 heterocycles. The molecular weight excluding hydrogens is 372 g/mol. The summed E-state index contributed by atoms with van der Waals surface area (Å²) in [6, 6.07) is 20.2. The highest BCUT2D eigenvalue weighted by Gasteiger charge is 2.40. The first-order chi connectivity index (χ1) is 14.3. The molecule has 0 bridgehead atoms. The van der Waals surface area contributed by atoms with Crippen molar-refractivity contribution in [2.45, 2.75) is 85.0 Å². The molecule has 0 spiro atoms. The fraction of sp³-hybridized carbons (Fsp3) is 0.419. The van der Waals surface area contributed by atoms with Gasteiger partial charge in [0.1, 0.15) is 0 Å². The molecule has 0 saturated carbocycles. The molecule has 0 nitrogen and oxygen atoms in total. The van der Waals surface area contributed by atoms with Gasteiger partial charge in [-0.25, -0.2) is 0 Å². The maximum Gasteiger partial charge on any atom is -0.000707 e. The van der Waals surface area contributed by atoms with Gasteiger partial charge < -0.3 is 0 Å². The Kier molecular flexibility index (Phi) is 5.00. The lowest BCUT2D eigenvalue weighted by molar-refractivity contribution is 0.499. The van der Waals surface area contributed by atoms with Crippen molar-refractivity contribution < 1.29 is 0 Å². The van der Waals surface area contributed by atoms with Crippen molar-refractivity contribution in [2.24, 2.45) is 0 Å². The third kappa shape index (κ3) is 3.65. The van der Waals surface area contributed by atoms with E-state index in [1.165, 1.54) is 38.9 Å². The second-order valence-corrected chi connectivity index (χ2v) is 12.3. The zero-order valence-electron chi connectivity index (χ0n) is 20.9. The van der Waals surface area contributed by atoms with Gasteiger partial charge in [-0.3, -0.25) is 0 Å². The van der Waals surface area contributed by atoms with Crippen LogP contribution < -0.4 is 0 Å². The van der Waals surface area contributed by atoms with Crippen molar-refractivity contribution in [1.82, 2.24) is 0 Å². The molecule has 0 fully saturated rings. The van der Waals surface area contributed by atoms with Gasteiger partial charge in [0.25, 0.3) is 0 Å². The fourth-order valence-electron chi connectivity index (χ4n) is 5.56. The van der Waals surface area contributed by atoms with Crippen LogP contribution in [0, 0.1) is 0 Å². The molecule has 0 saturated heterocycles. The zero-order valence-corrected chi connectivity index (χ0v) is 20.9. The molecule has 162 valence electrons. The Morgan fingerprint density at radius 3 is 1.55 bits per heavy atom. The largest absolute Gasteiger partial charge is 0.0622 e. The van der Waals surface area contributed by atoms with E-state index >= 15 is 0 Å².